The Labute approximate surface area is 135 Å². The zero-order chi connectivity index (χ0) is 16.2. The van der Waals surface area contributed by atoms with Crippen molar-refractivity contribution in [2.75, 3.05) is 26.7 Å². The van der Waals surface area contributed by atoms with Gasteiger partial charge in [0.1, 0.15) is 0 Å². The Hall–Kier alpha value is -1.56. The Balaban J connectivity index is 1.77. The highest BCUT2D eigenvalue weighted by Gasteiger charge is 2.42. The summed E-state index contributed by atoms with van der Waals surface area (Å²) in [4.78, 5) is 27.0. The van der Waals surface area contributed by atoms with E-state index in [1.165, 1.54) is 12.0 Å². The molecule has 2 atom stereocenters. The molecule has 5 nitrogen and oxygen atoms in total. The standard InChI is InChI=1S/C16H24N2O3S/c1-12(9-13-5-4-8-22-13)10-17-15(20)18-7-6-16(2,11-18)14(19)21-3/h4-5,8,12H,6-7,9-11H2,1-3H3,(H,17,20)/t12-,16+/m0/s1. The Morgan fingerprint density at radius 2 is 2.32 bits per heavy atom. The third-order valence-electron chi connectivity index (χ3n) is 4.17. The van der Waals surface area contributed by atoms with Gasteiger partial charge >= 0.3 is 12.0 Å². The van der Waals surface area contributed by atoms with Gasteiger partial charge in [-0.3, -0.25) is 4.79 Å². The van der Waals surface area contributed by atoms with Gasteiger partial charge in [0, 0.05) is 24.5 Å². The molecule has 0 aromatic carbocycles. The highest BCUT2D eigenvalue weighted by molar-refractivity contribution is 7.09. The maximum absolute atomic E-state index is 12.2. The van der Waals surface area contributed by atoms with Crippen molar-refractivity contribution in [2.45, 2.75) is 26.7 Å². The van der Waals surface area contributed by atoms with Crippen LogP contribution in [0.15, 0.2) is 17.5 Å². The van der Waals surface area contributed by atoms with Crippen LogP contribution in [0.2, 0.25) is 0 Å². The predicted molar refractivity (Wildman–Crippen MR) is 86.9 cm³/mol. The first-order chi connectivity index (χ1) is 10.4. The second kappa shape index (κ2) is 7.13. The summed E-state index contributed by atoms with van der Waals surface area (Å²) in [5.41, 5.74) is -0.575. The van der Waals surface area contributed by atoms with Gasteiger partial charge in [-0.15, -0.1) is 11.3 Å². The van der Waals surface area contributed by atoms with Crippen molar-refractivity contribution in [3.8, 4) is 0 Å². The Bertz CT molecular complexity index is 517. The largest absolute Gasteiger partial charge is 0.469 e. The molecule has 2 heterocycles. The summed E-state index contributed by atoms with van der Waals surface area (Å²) in [6, 6.07) is 4.07. The molecule has 1 aromatic rings. The molecule has 2 amide bonds. The molecule has 1 aliphatic rings. The van der Waals surface area contributed by atoms with E-state index in [-0.39, 0.29) is 12.0 Å². The van der Waals surface area contributed by atoms with E-state index in [1.54, 1.807) is 16.2 Å². The fourth-order valence-corrected chi connectivity index (χ4v) is 3.63. The summed E-state index contributed by atoms with van der Waals surface area (Å²) in [6.07, 6.45) is 1.62. The van der Waals surface area contributed by atoms with Gasteiger partial charge in [-0.2, -0.15) is 0 Å². The van der Waals surface area contributed by atoms with Crippen LogP contribution in [0, 0.1) is 11.3 Å². The molecule has 0 unspecified atom stereocenters. The second-order valence-corrected chi connectivity index (χ2v) is 7.33. The molecule has 22 heavy (non-hydrogen) atoms. The molecule has 0 saturated carbocycles. The van der Waals surface area contributed by atoms with Gasteiger partial charge in [-0.1, -0.05) is 13.0 Å². The van der Waals surface area contributed by atoms with Crippen LogP contribution in [0.5, 0.6) is 0 Å². The molecule has 1 N–H and O–H groups in total. The number of ether oxygens (including phenoxy) is 1. The quantitative estimate of drug-likeness (QED) is 0.847. The lowest BCUT2D eigenvalue weighted by molar-refractivity contribution is -0.150. The number of hydrogen-bond donors (Lipinski definition) is 1. The number of esters is 1. The molecule has 1 aliphatic heterocycles. The van der Waals surface area contributed by atoms with Crippen LogP contribution in [-0.4, -0.2) is 43.6 Å². The van der Waals surface area contributed by atoms with E-state index in [2.05, 4.69) is 23.7 Å². The molecule has 6 heteroatoms. The fraction of sp³-hybridized carbons (Fsp3) is 0.625. The highest BCUT2D eigenvalue weighted by Crippen LogP contribution is 2.31. The van der Waals surface area contributed by atoms with Crippen molar-refractivity contribution in [1.29, 1.82) is 0 Å². The van der Waals surface area contributed by atoms with E-state index < -0.39 is 5.41 Å². The first-order valence-corrected chi connectivity index (χ1v) is 8.46. The average Bonchev–Trinajstić information content (AvgIpc) is 3.14. The van der Waals surface area contributed by atoms with E-state index in [1.807, 2.05) is 13.0 Å². The number of amides is 2. The van der Waals surface area contributed by atoms with Crippen LogP contribution in [0.25, 0.3) is 0 Å². The summed E-state index contributed by atoms with van der Waals surface area (Å²) >= 11 is 1.74. The first-order valence-electron chi connectivity index (χ1n) is 7.58. The number of nitrogens with zero attached hydrogens (tertiary/aromatic N) is 1. The maximum atomic E-state index is 12.2. The minimum atomic E-state index is -0.575. The van der Waals surface area contributed by atoms with Crippen molar-refractivity contribution in [3.05, 3.63) is 22.4 Å². The van der Waals surface area contributed by atoms with Crippen LogP contribution in [0.1, 0.15) is 25.1 Å². The molecule has 2 rings (SSSR count). The van der Waals surface area contributed by atoms with Gasteiger partial charge in [-0.05, 0) is 37.1 Å². The fourth-order valence-electron chi connectivity index (χ4n) is 2.77. The van der Waals surface area contributed by atoms with Crippen LogP contribution < -0.4 is 5.32 Å². The number of hydrogen-bond acceptors (Lipinski definition) is 4. The molecular weight excluding hydrogens is 300 g/mol. The topological polar surface area (TPSA) is 58.6 Å². The number of rotatable bonds is 5. The van der Waals surface area contributed by atoms with Gasteiger partial charge in [0.2, 0.25) is 0 Å². The maximum Gasteiger partial charge on any atom is 0.317 e. The molecular formula is C16H24N2O3S. The van der Waals surface area contributed by atoms with Crippen LogP contribution >= 0.6 is 11.3 Å². The monoisotopic (exact) mass is 324 g/mol. The number of urea groups is 1. The molecule has 0 aliphatic carbocycles. The molecule has 0 bridgehead atoms. The first kappa shape index (κ1) is 16.8. The van der Waals surface area contributed by atoms with E-state index in [9.17, 15) is 9.59 Å². The zero-order valence-electron chi connectivity index (χ0n) is 13.4. The third-order valence-corrected chi connectivity index (χ3v) is 5.07. The summed E-state index contributed by atoms with van der Waals surface area (Å²) in [5, 5.41) is 5.04. The molecule has 1 aromatic heterocycles. The number of methoxy groups -OCH3 is 1. The third kappa shape index (κ3) is 4.00. The molecule has 122 valence electrons. The van der Waals surface area contributed by atoms with Gasteiger partial charge in [-0.25, -0.2) is 4.79 Å². The molecule has 1 fully saturated rings. The van der Waals surface area contributed by atoms with Gasteiger partial charge < -0.3 is 15.0 Å². The van der Waals surface area contributed by atoms with Crippen molar-refractivity contribution >= 4 is 23.3 Å². The van der Waals surface area contributed by atoms with Gasteiger partial charge in [0.15, 0.2) is 0 Å². The van der Waals surface area contributed by atoms with Gasteiger partial charge in [0.25, 0.3) is 0 Å². The summed E-state index contributed by atoms with van der Waals surface area (Å²) in [6.45, 7) is 5.64. The molecule has 1 saturated heterocycles. The van der Waals surface area contributed by atoms with E-state index in [4.69, 9.17) is 4.74 Å². The van der Waals surface area contributed by atoms with E-state index >= 15 is 0 Å². The van der Waals surface area contributed by atoms with Crippen molar-refractivity contribution in [3.63, 3.8) is 0 Å². The average molecular weight is 324 g/mol. The lowest BCUT2D eigenvalue weighted by atomic mass is 9.90. The van der Waals surface area contributed by atoms with E-state index in [0.29, 0.717) is 32.0 Å². The highest BCUT2D eigenvalue weighted by atomic mass is 32.1. The Kier molecular flexibility index (Phi) is 5.45. The van der Waals surface area contributed by atoms with Gasteiger partial charge in [0.05, 0.1) is 12.5 Å². The molecule has 0 radical (unpaired) electrons. The Morgan fingerprint density at radius 3 is 2.95 bits per heavy atom. The normalized spacial score (nSPS) is 22.4. The van der Waals surface area contributed by atoms with Crippen LogP contribution in [-0.2, 0) is 16.0 Å². The van der Waals surface area contributed by atoms with Crippen molar-refractivity contribution in [2.24, 2.45) is 11.3 Å². The van der Waals surface area contributed by atoms with Crippen LogP contribution in [0.3, 0.4) is 0 Å². The summed E-state index contributed by atoms with van der Waals surface area (Å²) < 4.78 is 4.83. The SMILES string of the molecule is COC(=O)[C@]1(C)CCN(C(=O)NC[C@@H](C)Cc2cccs2)C1. The number of likely N-dealkylation sites (tertiary alicyclic amines) is 1. The zero-order valence-corrected chi connectivity index (χ0v) is 14.2. The summed E-state index contributed by atoms with van der Waals surface area (Å²) in [5.74, 6) is 0.144. The van der Waals surface area contributed by atoms with Crippen LogP contribution in [0.4, 0.5) is 4.79 Å². The number of nitrogens with one attached hydrogen (secondary N) is 1. The second-order valence-electron chi connectivity index (χ2n) is 6.30. The number of thiophene rings is 1. The number of carbonyl (C=O) groups excluding carboxylic acids is 2. The number of carbonyl (C=O) groups is 2. The Morgan fingerprint density at radius 1 is 1.55 bits per heavy atom. The molecule has 0 spiro atoms. The minimum absolute atomic E-state index is 0.0920. The van der Waals surface area contributed by atoms with Crippen molar-refractivity contribution in [1.82, 2.24) is 10.2 Å². The minimum Gasteiger partial charge on any atom is -0.469 e. The predicted octanol–water partition coefficient (Wildman–Crippen LogP) is 2.52. The van der Waals surface area contributed by atoms with E-state index in [0.717, 1.165) is 6.42 Å². The lowest BCUT2D eigenvalue weighted by Gasteiger charge is -2.22. The van der Waals surface area contributed by atoms with Crippen molar-refractivity contribution < 1.29 is 14.3 Å². The smallest absolute Gasteiger partial charge is 0.317 e. The lowest BCUT2D eigenvalue weighted by Crippen LogP contribution is -2.42. The summed E-state index contributed by atoms with van der Waals surface area (Å²) in [7, 11) is 1.39.